The van der Waals surface area contributed by atoms with Crippen molar-refractivity contribution in [3.8, 4) is 17.0 Å². The van der Waals surface area contributed by atoms with Crippen LogP contribution in [0.25, 0.3) is 34.2 Å². The van der Waals surface area contributed by atoms with Gasteiger partial charge in [-0.25, -0.2) is 9.36 Å². The number of nitrogens with one attached hydrogen (secondary N) is 1. The van der Waals surface area contributed by atoms with Crippen molar-refractivity contribution < 1.29 is 14.6 Å². The van der Waals surface area contributed by atoms with E-state index in [0.29, 0.717) is 18.7 Å². The molecule has 3 atom stereocenters. The molecule has 0 saturated carbocycles. The number of nitrogens with zero attached hydrogens (tertiary/aromatic N) is 6. The Bertz CT molecular complexity index is 1650. The number of aliphatic hydroxyl groups is 1. The second-order valence-corrected chi connectivity index (χ2v) is 11.4. The molecule has 2 N–H and O–H groups in total. The molecule has 3 aliphatic rings. The molecule has 11 heteroatoms. The standard InChI is InChI=1S/C30H37N7O4/c1-19-25-6-5-12-35(25)18-27-21(29(39)33-36(27)13-14-38)9-10-24-22-16-20(23-17-31-34(2)30(23)41-19)8-11-26(22)37(32-24)28-7-3-4-15-40-28/h8-11,16-17,19,25,28,38H,3-7,12-15,18H2,1-2H3,(H,33,39)/t19?,25-,28?/m1/s1. The number of H-pyrrole nitrogens is 1. The van der Waals surface area contributed by atoms with E-state index in [1.165, 1.54) is 0 Å². The van der Waals surface area contributed by atoms with Crippen LogP contribution in [0.5, 0.6) is 5.88 Å². The van der Waals surface area contributed by atoms with Crippen molar-refractivity contribution in [3.05, 3.63) is 51.7 Å². The fourth-order valence-corrected chi connectivity index (χ4v) is 6.70. The van der Waals surface area contributed by atoms with Gasteiger partial charge in [0.25, 0.3) is 5.56 Å². The van der Waals surface area contributed by atoms with Crippen molar-refractivity contribution in [2.24, 2.45) is 7.05 Å². The molecule has 7 rings (SSSR count). The number of ether oxygens (including phenoxy) is 2. The average molecular weight is 560 g/mol. The molecule has 216 valence electrons. The van der Waals surface area contributed by atoms with E-state index >= 15 is 0 Å². The van der Waals surface area contributed by atoms with Gasteiger partial charge in [-0.05, 0) is 75.4 Å². The summed E-state index contributed by atoms with van der Waals surface area (Å²) in [6.45, 7) is 4.58. The third kappa shape index (κ3) is 4.61. The van der Waals surface area contributed by atoms with Crippen LogP contribution in [0.2, 0.25) is 0 Å². The molecule has 2 unspecified atom stereocenters. The van der Waals surface area contributed by atoms with E-state index in [0.717, 1.165) is 84.6 Å². The molecule has 3 aliphatic heterocycles. The molecule has 6 heterocycles. The topological polar surface area (TPSA) is 115 Å². The first-order valence-corrected chi connectivity index (χ1v) is 14.7. The predicted molar refractivity (Wildman–Crippen MR) is 155 cm³/mol. The largest absolute Gasteiger partial charge is 0.473 e. The first-order chi connectivity index (χ1) is 20.0. The van der Waals surface area contributed by atoms with Gasteiger partial charge in [-0.1, -0.05) is 6.07 Å². The van der Waals surface area contributed by atoms with E-state index in [1.807, 2.05) is 30.1 Å². The number of aliphatic hydroxyl groups excluding tert-OH is 1. The summed E-state index contributed by atoms with van der Waals surface area (Å²) >= 11 is 0. The molecule has 0 spiro atoms. The Morgan fingerprint density at radius 1 is 1.17 bits per heavy atom. The summed E-state index contributed by atoms with van der Waals surface area (Å²) in [6.07, 6.45) is 10.6. The molecule has 0 aliphatic carbocycles. The normalized spacial score (nSPS) is 23.1. The minimum absolute atomic E-state index is 0.0633. The van der Waals surface area contributed by atoms with Gasteiger partial charge in [0.15, 0.2) is 6.23 Å². The number of aryl methyl sites for hydroxylation is 1. The van der Waals surface area contributed by atoms with Gasteiger partial charge >= 0.3 is 0 Å². The SMILES string of the molecule is CC1Oc2c(cnn2C)-c2ccc3c(c2)c(nn3C2CCCCO2)C=Cc2c(n(CCO)[nH]c2=O)CN2CCC[C@H]12. The Morgan fingerprint density at radius 3 is 2.90 bits per heavy atom. The zero-order valence-electron chi connectivity index (χ0n) is 23.6. The summed E-state index contributed by atoms with van der Waals surface area (Å²) in [4.78, 5) is 15.6. The van der Waals surface area contributed by atoms with Gasteiger partial charge in [-0.2, -0.15) is 10.2 Å². The maximum Gasteiger partial charge on any atom is 0.271 e. The predicted octanol–water partition coefficient (Wildman–Crippen LogP) is 3.53. The van der Waals surface area contributed by atoms with E-state index in [4.69, 9.17) is 14.6 Å². The number of benzene rings is 1. The zero-order valence-corrected chi connectivity index (χ0v) is 23.6. The van der Waals surface area contributed by atoms with Crippen LogP contribution in [-0.4, -0.2) is 71.3 Å². The molecule has 41 heavy (non-hydrogen) atoms. The fraction of sp³-hybridized carbons (Fsp3) is 0.500. The van der Waals surface area contributed by atoms with Crippen molar-refractivity contribution in [3.63, 3.8) is 0 Å². The summed E-state index contributed by atoms with van der Waals surface area (Å²) in [7, 11) is 1.91. The summed E-state index contributed by atoms with van der Waals surface area (Å²) < 4.78 is 18.4. The fourth-order valence-electron chi connectivity index (χ4n) is 6.70. The molecular weight excluding hydrogens is 522 g/mol. The van der Waals surface area contributed by atoms with Crippen LogP contribution < -0.4 is 10.3 Å². The van der Waals surface area contributed by atoms with Crippen molar-refractivity contribution in [2.75, 3.05) is 19.8 Å². The Hall–Kier alpha value is -3.67. The Labute approximate surface area is 237 Å². The van der Waals surface area contributed by atoms with Crippen LogP contribution in [0.1, 0.15) is 62.2 Å². The minimum atomic E-state index is -0.174. The molecule has 0 amide bonds. The lowest BCUT2D eigenvalue weighted by molar-refractivity contribution is -0.0367. The Morgan fingerprint density at radius 2 is 2.07 bits per heavy atom. The smallest absolute Gasteiger partial charge is 0.271 e. The lowest BCUT2D eigenvalue weighted by Crippen LogP contribution is -2.41. The van der Waals surface area contributed by atoms with Crippen molar-refractivity contribution in [1.82, 2.24) is 34.2 Å². The van der Waals surface area contributed by atoms with Crippen LogP contribution in [-0.2, 0) is 24.9 Å². The van der Waals surface area contributed by atoms with Gasteiger partial charge in [-0.15, -0.1) is 0 Å². The summed E-state index contributed by atoms with van der Waals surface area (Å²) in [5.74, 6) is 0.734. The van der Waals surface area contributed by atoms with Crippen LogP contribution >= 0.6 is 0 Å². The van der Waals surface area contributed by atoms with Gasteiger partial charge in [0.05, 0.1) is 47.4 Å². The Balaban J connectivity index is 1.43. The minimum Gasteiger partial charge on any atom is -0.473 e. The second kappa shape index (κ2) is 10.6. The molecule has 2 saturated heterocycles. The van der Waals surface area contributed by atoms with Crippen molar-refractivity contribution >= 4 is 23.1 Å². The van der Waals surface area contributed by atoms with E-state index in [-0.39, 0.29) is 30.5 Å². The first-order valence-electron chi connectivity index (χ1n) is 14.7. The van der Waals surface area contributed by atoms with E-state index in [2.05, 4.69) is 40.2 Å². The van der Waals surface area contributed by atoms with Crippen LogP contribution in [0.3, 0.4) is 0 Å². The molecule has 0 radical (unpaired) electrons. The third-order valence-corrected chi connectivity index (χ3v) is 8.81. The van der Waals surface area contributed by atoms with Crippen LogP contribution in [0.15, 0.2) is 29.2 Å². The van der Waals surface area contributed by atoms with Crippen LogP contribution in [0.4, 0.5) is 0 Å². The number of hydrogen-bond donors (Lipinski definition) is 2. The van der Waals surface area contributed by atoms with E-state index in [1.54, 1.807) is 9.36 Å². The molecule has 2 fully saturated rings. The van der Waals surface area contributed by atoms with Crippen molar-refractivity contribution in [2.45, 2.75) is 70.5 Å². The number of aromatic nitrogens is 6. The van der Waals surface area contributed by atoms with Gasteiger partial charge in [0.2, 0.25) is 5.88 Å². The van der Waals surface area contributed by atoms with Gasteiger partial charge in [0, 0.05) is 31.6 Å². The third-order valence-electron chi connectivity index (χ3n) is 8.81. The van der Waals surface area contributed by atoms with Crippen molar-refractivity contribution in [1.29, 1.82) is 0 Å². The lowest BCUT2D eigenvalue weighted by atomic mass is 10.0. The molecule has 3 aromatic heterocycles. The summed E-state index contributed by atoms with van der Waals surface area (Å²) in [6, 6.07) is 6.51. The lowest BCUT2D eigenvalue weighted by Gasteiger charge is -2.30. The molecule has 4 aromatic rings. The highest BCUT2D eigenvalue weighted by Gasteiger charge is 2.33. The Kier molecular flexibility index (Phi) is 6.80. The number of rotatable bonds is 3. The summed E-state index contributed by atoms with van der Waals surface area (Å²) in [5.41, 5.74) is 4.96. The number of fused-ring (bicyclic) bond motifs is 5. The van der Waals surface area contributed by atoms with Gasteiger partial charge < -0.3 is 14.6 Å². The molecule has 11 nitrogen and oxygen atoms in total. The maximum atomic E-state index is 13.2. The van der Waals surface area contributed by atoms with Gasteiger partial charge in [0.1, 0.15) is 6.10 Å². The quantitative estimate of drug-likeness (QED) is 0.395. The molecule has 1 aromatic carbocycles. The van der Waals surface area contributed by atoms with Crippen LogP contribution in [0, 0.1) is 0 Å². The molecular formula is C30H37N7O4. The number of aromatic amines is 1. The zero-order chi connectivity index (χ0) is 28.1. The molecule has 2 bridgehead atoms. The monoisotopic (exact) mass is 559 g/mol. The van der Waals surface area contributed by atoms with E-state index < -0.39 is 0 Å². The maximum absolute atomic E-state index is 13.2. The summed E-state index contributed by atoms with van der Waals surface area (Å²) in [5, 5.41) is 23.2. The highest BCUT2D eigenvalue weighted by Crippen LogP contribution is 2.37. The average Bonchev–Trinajstić information content (AvgIpc) is 3.74. The van der Waals surface area contributed by atoms with Gasteiger partial charge in [-0.3, -0.25) is 19.5 Å². The highest BCUT2D eigenvalue weighted by molar-refractivity contribution is 5.93. The second-order valence-electron chi connectivity index (χ2n) is 11.4. The highest BCUT2D eigenvalue weighted by atomic mass is 16.5. The first kappa shape index (κ1) is 26.2. The number of hydrogen-bond acceptors (Lipinski definition) is 7. The van der Waals surface area contributed by atoms with E-state index in [9.17, 15) is 9.90 Å².